The number of hydrogen-bond acceptors (Lipinski definition) is 4. The zero-order chi connectivity index (χ0) is 19.9. The molecule has 0 atom stereocenters. The second-order valence-electron chi connectivity index (χ2n) is 5.87. The van der Waals surface area contributed by atoms with Crippen LogP contribution in [0.4, 0.5) is 0 Å². The van der Waals surface area contributed by atoms with Crippen LogP contribution in [0.2, 0.25) is 5.02 Å². The molecule has 0 aliphatic carbocycles. The number of carbonyl (C=O) groups is 1. The number of nitrogens with zero attached hydrogens (tertiary/aromatic N) is 1. The maximum absolute atomic E-state index is 12.8. The lowest BCUT2D eigenvalue weighted by atomic mass is 10.1. The molecule has 0 aromatic heterocycles. The van der Waals surface area contributed by atoms with Gasteiger partial charge in [-0.3, -0.25) is 4.79 Å². The van der Waals surface area contributed by atoms with Gasteiger partial charge < -0.3 is 10.1 Å². The van der Waals surface area contributed by atoms with Crippen LogP contribution < -0.4 is 10.1 Å². The standard InChI is InChI=1S/C19H23ClN2O4S/c1-3-26-17-10-9-16(20)13-18(17)27(24,25)22(2)14-19(23)21-12-11-15-7-5-4-6-8-15/h4-10,13H,3,11-12,14H2,1-2H3,(H,21,23). The SMILES string of the molecule is CCOc1ccc(Cl)cc1S(=O)(=O)N(C)CC(=O)NCCc1ccccc1. The quantitative estimate of drug-likeness (QED) is 0.689. The van der Waals surface area contributed by atoms with Crippen molar-refractivity contribution in [2.24, 2.45) is 0 Å². The van der Waals surface area contributed by atoms with Crippen LogP contribution in [0, 0.1) is 0 Å². The molecule has 0 saturated heterocycles. The highest BCUT2D eigenvalue weighted by atomic mass is 35.5. The molecule has 0 fully saturated rings. The third-order valence-electron chi connectivity index (χ3n) is 3.84. The van der Waals surface area contributed by atoms with Gasteiger partial charge in [0.05, 0.1) is 13.2 Å². The number of carbonyl (C=O) groups excluding carboxylic acids is 1. The molecule has 2 aromatic rings. The molecule has 6 nitrogen and oxygen atoms in total. The molecule has 8 heteroatoms. The maximum atomic E-state index is 12.8. The summed E-state index contributed by atoms with van der Waals surface area (Å²) in [5.74, 6) is -0.171. The fourth-order valence-corrected chi connectivity index (χ4v) is 3.98. The van der Waals surface area contributed by atoms with Gasteiger partial charge in [0.2, 0.25) is 15.9 Å². The van der Waals surface area contributed by atoms with Crippen molar-refractivity contribution in [1.82, 2.24) is 9.62 Å². The molecule has 0 aliphatic heterocycles. The summed E-state index contributed by atoms with van der Waals surface area (Å²) >= 11 is 5.94. The summed E-state index contributed by atoms with van der Waals surface area (Å²) in [6.45, 7) is 2.20. The van der Waals surface area contributed by atoms with Crippen LogP contribution in [0.3, 0.4) is 0 Å². The Bertz CT molecular complexity index is 873. The van der Waals surface area contributed by atoms with E-state index in [1.165, 1.54) is 19.2 Å². The van der Waals surface area contributed by atoms with Gasteiger partial charge in [0.15, 0.2) is 0 Å². The number of hydrogen-bond donors (Lipinski definition) is 1. The molecular formula is C19H23ClN2O4S. The molecule has 2 aromatic carbocycles. The third kappa shape index (κ3) is 5.95. The van der Waals surface area contributed by atoms with Gasteiger partial charge in [-0.15, -0.1) is 0 Å². The van der Waals surface area contributed by atoms with Crippen LogP contribution in [-0.4, -0.2) is 45.4 Å². The largest absolute Gasteiger partial charge is 0.492 e. The van der Waals surface area contributed by atoms with Crippen molar-refractivity contribution in [2.75, 3.05) is 26.7 Å². The van der Waals surface area contributed by atoms with Gasteiger partial charge in [0.25, 0.3) is 0 Å². The minimum Gasteiger partial charge on any atom is -0.492 e. The van der Waals surface area contributed by atoms with Crippen molar-refractivity contribution in [3.8, 4) is 5.75 Å². The predicted octanol–water partition coefficient (Wildman–Crippen LogP) is 2.72. The fourth-order valence-electron chi connectivity index (χ4n) is 2.46. The van der Waals surface area contributed by atoms with E-state index >= 15 is 0 Å². The van der Waals surface area contributed by atoms with E-state index < -0.39 is 10.0 Å². The lowest BCUT2D eigenvalue weighted by Crippen LogP contribution is -2.39. The number of sulfonamides is 1. The molecule has 0 unspecified atom stereocenters. The van der Waals surface area contributed by atoms with Gasteiger partial charge in [0, 0.05) is 18.6 Å². The van der Waals surface area contributed by atoms with Gasteiger partial charge in [0.1, 0.15) is 10.6 Å². The van der Waals surface area contributed by atoms with Crippen LogP contribution in [0.15, 0.2) is 53.4 Å². The van der Waals surface area contributed by atoms with E-state index in [9.17, 15) is 13.2 Å². The molecule has 0 saturated carbocycles. The summed E-state index contributed by atoms with van der Waals surface area (Å²) in [5, 5.41) is 3.01. The number of halogens is 1. The van der Waals surface area contributed by atoms with Gasteiger partial charge >= 0.3 is 0 Å². The highest BCUT2D eigenvalue weighted by Crippen LogP contribution is 2.29. The summed E-state index contributed by atoms with van der Waals surface area (Å²) in [5.41, 5.74) is 1.10. The Kier molecular flexibility index (Phi) is 7.65. The lowest BCUT2D eigenvalue weighted by molar-refractivity contribution is -0.121. The summed E-state index contributed by atoms with van der Waals surface area (Å²) in [7, 11) is -2.57. The molecule has 0 spiro atoms. The van der Waals surface area contributed by atoms with E-state index in [2.05, 4.69) is 5.32 Å². The molecule has 1 N–H and O–H groups in total. The highest BCUT2D eigenvalue weighted by molar-refractivity contribution is 7.89. The Morgan fingerprint density at radius 3 is 2.56 bits per heavy atom. The number of nitrogens with one attached hydrogen (secondary N) is 1. The number of benzene rings is 2. The molecule has 0 radical (unpaired) electrons. The maximum Gasteiger partial charge on any atom is 0.247 e. The van der Waals surface area contributed by atoms with Crippen LogP contribution >= 0.6 is 11.6 Å². The van der Waals surface area contributed by atoms with Crippen LogP contribution in [0.5, 0.6) is 5.75 Å². The van der Waals surface area contributed by atoms with Crippen molar-refractivity contribution in [3.63, 3.8) is 0 Å². The average Bonchev–Trinajstić information content (AvgIpc) is 2.64. The van der Waals surface area contributed by atoms with E-state index in [0.29, 0.717) is 19.6 Å². The van der Waals surface area contributed by atoms with Gasteiger partial charge in [-0.05, 0) is 37.1 Å². The Labute approximate surface area is 165 Å². The molecule has 146 valence electrons. The van der Waals surface area contributed by atoms with E-state index in [-0.39, 0.29) is 28.1 Å². The summed E-state index contributed by atoms with van der Waals surface area (Å²) < 4.78 is 32.0. The monoisotopic (exact) mass is 410 g/mol. The van der Waals surface area contributed by atoms with E-state index in [1.807, 2.05) is 30.3 Å². The minimum atomic E-state index is -3.92. The summed E-state index contributed by atoms with van der Waals surface area (Å²) in [6, 6.07) is 14.1. The Balaban J connectivity index is 2.00. The molecule has 0 aliphatic rings. The topological polar surface area (TPSA) is 75.7 Å². The second-order valence-corrected chi connectivity index (χ2v) is 8.32. The normalized spacial score (nSPS) is 11.4. The van der Waals surface area contributed by atoms with E-state index in [1.54, 1.807) is 13.0 Å². The molecule has 2 rings (SSSR count). The first-order chi connectivity index (χ1) is 12.8. The number of ether oxygens (including phenoxy) is 1. The highest BCUT2D eigenvalue weighted by Gasteiger charge is 2.27. The fraction of sp³-hybridized carbons (Fsp3) is 0.316. The Hall–Kier alpha value is -2.09. The second kappa shape index (κ2) is 9.73. The van der Waals surface area contributed by atoms with Crippen LogP contribution in [-0.2, 0) is 21.2 Å². The van der Waals surface area contributed by atoms with Crippen molar-refractivity contribution >= 4 is 27.5 Å². The first-order valence-corrected chi connectivity index (χ1v) is 10.4. The van der Waals surface area contributed by atoms with Gasteiger partial charge in [-0.2, -0.15) is 4.31 Å². The molecule has 27 heavy (non-hydrogen) atoms. The smallest absolute Gasteiger partial charge is 0.247 e. The zero-order valence-corrected chi connectivity index (χ0v) is 16.9. The molecule has 0 heterocycles. The first-order valence-electron chi connectivity index (χ1n) is 8.54. The molecule has 1 amide bonds. The van der Waals surface area contributed by atoms with Crippen molar-refractivity contribution in [1.29, 1.82) is 0 Å². The van der Waals surface area contributed by atoms with Crippen molar-refractivity contribution < 1.29 is 17.9 Å². The Morgan fingerprint density at radius 1 is 1.19 bits per heavy atom. The average molecular weight is 411 g/mol. The van der Waals surface area contributed by atoms with E-state index in [4.69, 9.17) is 16.3 Å². The number of amides is 1. The van der Waals surface area contributed by atoms with Crippen molar-refractivity contribution in [2.45, 2.75) is 18.2 Å². The van der Waals surface area contributed by atoms with Gasteiger partial charge in [-0.1, -0.05) is 41.9 Å². The summed E-state index contributed by atoms with van der Waals surface area (Å²) in [6.07, 6.45) is 0.672. The molecule has 0 bridgehead atoms. The van der Waals surface area contributed by atoms with Crippen LogP contribution in [0.1, 0.15) is 12.5 Å². The van der Waals surface area contributed by atoms with E-state index in [0.717, 1.165) is 9.87 Å². The third-order valence-corrected chi connectivity index (χ3v) is 5.90. The van der Waals surface area contributed by atoms with Gasteiger partial charge in [-0.25, -0.2) is 8.42 Å². The van der Waals surface area contributed by atoms with Crippen LogP contribution in [0.25, 0.3) is 0 Å². The minimum absolute atomic E-state index is 0.0589. The zero-order valence-electron chi connectivity index (χ0n) is 15.3. The van der Waals surface area contributed by atoms with Crippen molar-refractivity contribution in [3.05, 3.63) is 59.1 Å². The predicted molar refractivity (Wildman–Crippen MR) is 106 cm³/mol. The number of likely N-dealkylation sites (N-methyl/N-ethyl adjacent to an activating group) is 1. The molecular weight excluding hydrogens is 388 g/mol. The first kappa shape index (κ1) is 21.2. The number of rotatable bonds is 9. The summed E-state index contributed by atoms with van der Waals surface area (Å²) in [4.78, 5) is 12.1. The Morgan fingerprint density at radius 2 is 1.89 bits per heavy atom. The lowest BCUT2D eigenvalue weighted by Gasteiger charge is -2.19.